The van der Waals surface area contributed by atoms with Crippen LogP contribution < -0.4 is 4.90 Å². The number of carbonyl (C=O) groups excluding carboxylic acids is 2. The van der Waals surface area contributed by atoms with Crippen LogP contribution in [0.25, 0.3) is 0 Å². The van der Waals surface area contributed by atoms with Crippen molar-refractivity contribution in [2.45, 2.75) is 39.0 Å². The van der Waals surface area contributed by atoms with Crippen LogP contribution in [0.2, 0.25) is 0 Å². The van der Waals surface area contributed by atoms with E-state index in [1.165, 1.54) is 10.5 Å². The van der Waals surface area contributed by atoms with E-state index in [0.717, 1.165) is 34.9 Å². The zero-order valence-corrected chi connectivity index (χ0v) is 16.6. The van der Waals surface area contributed by atoms with Crippen LogP contribution in [0.15, 0.2) is 46.9 Å². The fourth-order valence-corrected chi connectivity index (χ4v) is 4.74. The Balaban J connectivity index is 1.64. The third kappa shape index (κ3) is 2.81. The highest BCUT2D eigenvalue weighted by Gasteiger charge is 2.50. The van der Waals surface area contributed by atoms with E-state index in [1.807, 2.05) is 44.2 Å². The SMILES string of the molecule is Cc1cc(N2C(=O)[C@H]3CC[C@@H](c4ccccc4)C[C@H]3C2=O)cc(C)c1Br. The molecular weight excluding hydrogens is 390 g/mol. The second kappa shape index (κ2) is 6.66. The average molecular weight is 412 g/mol. The largest absolute Gasteiger partial charge is 0.274 e. The molecule has 0 unspecified atom stereocenters. The Labute approximate surface area is 162 Å². The van der Waals surface area contributed by atoms with Crippen LogP contribution in [-0.4, -0.2) is 11.8 Å². The van der Waals surface area contributed by atoms with Crippen molar-refractivity contribution in [3.05, 3.63) is 63.6 Å². The van der Waals surface area contributed by atoms with Crippen LogP contribution in [0, 0.1) is 25.7 Å². The summed E-state index contributed by atoms with van der Waals surface area (Å²) < 4.78 is 1.03. The van der Waals surface area contributed by atoms with Crippen LogP contribution in [-0.2, 0) is 9.59 Å². The molecule has 4 heteroatoms. The number of carbonyl (C=O) groups is 2. The van der Waals surface area contributed by atoms with Crippen molar-refractivity contribution in [1.29, 1.82) is 0 Å². The molecule has 3 atom stereocenters. The summed E-state index contributed by atoms with van der Waals surface area (Å²) in [4.78, 5) is 27.6. The summed E-state index contributed by atoms with van der Waals surface area (Å²) >= 11 is 3.56. The first-order valence-electron chi connectivity index (χ1n) is 9.17. The van der Waals surface area contributed by atoms with E-state index < -0.39 is 0 Å². The Kier molecular flexibility index (Phi) is 4.47. The molecule has 4 rings (SSSR count). The summed E-state index contributed by atoms with van der Waals surface area (Å²) in [5.41, 5.74) is 4.07. The van der Waals surface area contributed by atoms with Crippen LogP contribution >= 0.6 is 15.9 Å². The van der Waals surface area contributed by atoms with Crippen molar-refractivity contribution in [1.82, 2.24) is 0 Å². The summed E-state index contributed by atoms with van der Waals surface area (Å²) in [7, 11) is 0. The van der Waals surface area contributed by atoms with E-state index in [0.29, 0.717) is 11.6 Å². The first-order chi connectivity index (χ1) is 12.5. The molecule has 134 valence electrons. The van der Waals surface area contributed by atoms with Gasteiger partial charge in [-0.15, -0.1) is 0 Å². The van der Waals surface area contributed by atoms with Gasteiger partial charge in [0, 0.05) is 4.47 Å². The van der Waals surface area contributed by atoms with E-state index >= 15 is 0 Å². The zero-order valence-electron chi connectivity index (χ0n) is 15.0. The molecule has 0 spiro atoms. The number of halogens is 1. The van der Waals surface area contributed by atoms with Gasteiger partial charge in [0.2, 0.25) is 11.8 Å². The minimum atomic E-state index is -0.189. The number of aryl methyl sites for hydroxylation is 2. The predicted octanol–water partition coefficient (Wildman–Crippen LogP) is 5.14. The number of imide groups is 1. The molecule has 26 heavy (non-hydrogen) atoms. The van der Waals surface area contributed by atoms with Gasteiger partial charge in [-0.3, -0.25) is 14.5 Å². The molecule has 2 fully saturated rings. The summed E-state index contributed by atoms with van der Waals surface area (Å²) in [6.07, 6.45) is 2.53. The highest BCUT2D eigenvalue weighted by atomic mass is 79.9. The van der Waals surface area contributed by atoms with Crippen molar-refractivity contribution < 1.29 is 9.59 Å². The molecule has 2 aliphatic rings. The van der Waals surface area contributed by atoms with Crippen molar-refractivity contribution in [3.63, 3.8) is 0 Å². The normalized spacial score (nSPS) is 25.5. The molecular formula is C22H22BrNO2. The predicted molar refractivity (Wildman–Crippen MR) is 106 cm³/mol. The van der Waals surface area contributed by atoms with E-state index in [9.17, 15) is 9.59 Å². The summed E-state index contributed by atoms with van der Waals surface area (Å²) in [6.45, 7) is 3.98. The Morgan fingerprint density at radius 1 is 0.923 bits per heavy atom. The molecule has 2 amide bonds. The molecule has 1 saturated heterocycles. The van der Waals surface area contributed by atoms with E-state index in [-0.39, 0.29) is 23.7 Å². The number of anilines is 1. The molecule has 0 aromatic heterocycles. The molecule has 3 nitrogen and oxygen atoms in total. The highest BCUT2D eigenvalue weighted by Crippen LogP contribution is 2.46. The van der Waals surface area contributed by atoms with Gasteiger partial charge in [0.25, 0.3) is 0 Å². The third-order valence-corrected chi connectivity index (χ3v) is 7.13. The number of fused-ring (bicyclic) bond motifs is 1. The van der Waals surface area contributed by atoms with E-state index in [2.05, 4.69) is 28.1 Å². The smallest absolute Gasteiger partial charge is 0.237 e. The summed E-state index contributed by atoms with van der Waals surface area (Å²) in [6, 6.07) is 14.2. The summed E-state index contributed by atoms with van der Waals surface area (Å²) in [5, 5.41) is 0. The standard InChI is InChI=1S/C22H22BrNO2/c1-13-10-17(11-14(2)20(13)23)24-21(25)18-9-8-16(12-19(18)22(24)26)15-6-4-3-5-7-15/h3-7,10-11,16,18-19H,8-9,12H2,1-2H3/t16-,18+,19-/m1/s1. The molecule has 0 radical (unpaired) electrons. The minimum Gasteiger partial charge on any atom is -0.274 e. The summed E-state index contributed by atoms with van der Waals surface area (Å²) in [5.74, 6) is -0.0330. The minimum absolute atomic E-state index is 0.0207. The van der Waals surface area contributed by atoms with E-state index in [4.69, 9.17) is 0 Å². The molecule has 2 aromatic rings. The van der Waals surface area contributed by atoms with Crippen LogP contribution in [0.4, 0.5) is 5.69 Å². The lowest BCUT2D eigenvalue weighted by Gasteiger charge is -2.28. The van der Waals surface area contributed by atoms with Gasteiger partial charge < -0.3 is 0 Å². The molecule has 1 heterocycles. The quantitative estimate of drug-likeness (QED) is 0.641. The number of amides is 2. The average Bonchev–Trinajstić information content (AvgIpc) is 2.90. The number of nitrogens with zero attached hydrogens (tertiary/aromatic N) is 1. The van der Waals surface area contributed by atoms with Gasteiger partial charge in [-0.2, -0.15) is 0 Å². The van der Waals surface area contributed by atoms with E-state index in [1.54, 1.807) is 0 Å². The van der Waals surface area contributed by atoms with Gasteiger partial charge >= 0.3 is 0 Å². The molecule has 2 aromatic carbocycles. The Hall–Kier alpha value is -1.94. The molecule has 0 N–H and O–H groups in total. The number of hydrogen-bond donors (Lipinski definition) is 0. The molecule has 1 aliphatic heterocycles. The number of hydrogen-bond acceptors (Lipinski definition) is 2. The topological polar surface area (TPSA) is 37.4 Å². The lowest BCUT2D eigenvalue weighted by atomic mass is 9.73. The van der Waals surface area contributed by atoms with Crippen molar-refractivity contribution in [2.24, 2.45) is 11.8 Å². The zero-order chi connectivity index (χ0) is 18.4. The maximum atomic E-state index is 13.1. The first-order valence-corrected chi connectivity index (χ1v) is 9.96. The second-order valence-corrected chi connectivity index (χ2v) is 8.33. The second-order valence-electron chi connectivity index (χ2n) is 7.54. The Morgan fingerprint density at radius 3 is 2.19 bits per heavy atom. The van der Waals surface area contributed by atoms with Gasteiger partial charge in [0.1, 0.15) is 0 Å². The third-order valence-electron chi connectivity index (χ3n) is 5.88. The lowest BCUT2D eigenvalue weighted by molar-refractivity contribution is -0.122. The first kappa shape index (κ1) is 17.5. The van der Waals surface area contributed by atoms with Gasteiger partial charge in [0.15, 0.2) is 0 Å². The van der Waals surface area contributed by atoms with Gasteiger partial charge in [0.05, 0.1) is 17.5 Å². The lowest BCUT2D eigenvalue weighted by Crippen LogP contribution is -2.31. The Bertz CT molecular complexity index is 854. The fraction of sp³-hybridized carbons (Fsp3) is 0.364. The van der Waals surface area contributed by atoms with Crippen molar-refractivity contribution in [2.75, 3.05) is 4.90 Å². The Morgan fingerprint density at radius 2 is 1.54 bits per heavy atom. The van der Waals surface area contributed by atoms with Crippen LogP contribution in [0.1, 0.15) is 41.9 Å². The fourth-order valence-electron chi connectivity index (χ4n) is 4.51. The highest BCUT2D eigenvalue weighted by molar-refractivity contribution is 9.10. The maximum absolute atomic E-state index is 13.1. The van der Waals surface area contributed by atoms with Crippen molar-refractivity contribution >= 4 is 33.4 Å². The van der Waals surface area contributed by atoms with Gasteiger partial charge in [-0.25, -0.2) is 0 Å². The monoisotopic (exact) mass is 411 g/mol. The molecule has 1 aliphatic carbocycles. The van der Waals surface area contributed by atoms with Gasteiger partial charge in [-0.1, -0.05) is 46.3 Å². The maximum Gasteiger partial charge on any atom is 0.237 e. The van der Waals surface area contributed by atoms with Crippen LogP contribution in [0.5, 0.6) is 0 Å². The molecule has 0 bridgehead atoms. The molecule has 1 saturated carbocycles. The number of rotatable bonds is 2. The number of benzene rings is 2. The van der Waals surface area contributed by atoms with Crippen LogP contribution in [0.3, 0.4) is 0 Å². The van der Waals surface area contributed by atoms with Gasteiger partial charge in [-0.05, 0) is 67.9 Å². The van der Waals surface area contributed by atoms with Crippen molar-refractivity contribution in [3.8, 4) is 0 Å².